The van der Waals surface area contributed by atoms with Crippen molar-refractivity contribution < 1.29 is 9.18 Å². The minimum absolute atomic E-state index is 0.159. The number of hydrogen-bond donors (Lipinski definition) is 0. The molecule has 1 aliphatic carbocycles. The number of benzene rings is 2. The number of nitrogens with zero attached hydrogens (tertiary/aromatic N) is 3. The normalized spacial score (nSPS) is 23.4. The molecule has 0 bridgehead atoms. The summed E-state index contributed by atoms with van der Waals surface area (Å²) >= 11 is 0. The van der Waals surface area contributed by atoms with Crippen LogP contribution in [0.5, 0.6) is 0 Å². The smallest absolute Gasteiger partial charge is 0.256 e. The van der Waals surface area contributed by atoms with E-state index in [0.29, 0.717) is 24.3 Å². The van der Waals surface area contributed by atoms with E-state index in [1.807, 2.05) is 30.3 Å². The fourth-order valence-electron chi connectivity index (χ4n) is 6.72. The third kappa shape index (κ3) is 4.61. The molecule has 2 atom stereocenters. The number of carbonyl (C=O) groups is 1. The number of piperidine rings is 1. The average molecular weight is 486 g/mol. The summed E-state index contributed by atoms with van der Waals surface area (Å²) in [4.78, 5) is 18.6. The van der Waals surface area contributed by atoms with Gasteiger partial charge in [-0.1, -0.05) is 30.3 Å². The minimum Gasteiger partial charge on any atom is -0.343 e. The summed E-state index contributed by atoms with van der Waals surface area (Å²) in [7, 11) is 0. The number of amides is 1. The van der Waals surface area contributed by atoms with Gasteiger partial charge >= 0.3 is 0 Å². The molecule has 0 radical (unpaired) electrons. The van der Waals surface area contributed by atoms with E-state index >= 15 is 0 Å². The van der Waals surface area contributed by atoms with Crippen LogP contribution in [0.1, 0.15) is 47.5 Å². The number of hydrogen-bond acceptors (Lipinski definition) is 2. The maximum atomic E-state index is 13.8. The fraction of sp³-hybridized carbons (Fsp3) is 0.452. The van der Waals surface area contributed by atoms with Gasteiger partial charge in [0, 0.05) is 37.8 Å². The summed E-state index contributed by atoms with van der Waals surface area (Å²) in [6.45, 7) is 9.58. The van der Waals surface area contributed by atoms with E-state index in [1.54, 1.807) is 12.1 Å². The van der Waals surface area contributed by atoms with Gasteiger partial charge in [-0.2, -0.15) is 0 Å². The highest BCUT2D eigenvalue weighted by Gasteiger charge is 2.44. The third-order valence-electron chi connectivity index (χ3n) is 8.77. The van der Waals surface area contributed by atoms with E-state index < -0.39 is 0 Å². The van der Waals surface area contributed by atoms with Crippen LogP contribution >= 0.6 is 0 Å². The zero-order valence-electron chi connectivity index (χ0n) is 21.0. The quantitative estimate of drug-likeness (QED) is 0.387. The average Bonchev–Trinajstić information content (AvgIpc) is 3.54. The van der Waals surface area contributed by atoms with E-state index in [2.05, 4.69) is 39.3 Å². The second kappa shape index (κ2) is 9.85. The summed E-state index contributed by atoms with van der Waals surface area (Å²) < 4.78 is 15.5. The molecular weight excluding hydrogens is 449 g/mol. The van der Waals surface area contributed by atoms with Gasteiger partial charge in [0.15, 0.2) is 0 Å². The van der Waals surface area contributed by atoms with Crippen LogP contribution < -0.4 is 0 Å². The van der Waals surface area contributed by atoms with Gasteiger partial charge in [-0.05, 0) is 92.3 Å². The Morgan fingerprint density at radius 1 is 1.00 bits per heavy atom. The monoisotopic (exact) mass is 485 g/mol. The molecule has 36 heavy (non-hydrogen) atoms. The van der Waals surface area contributed by atoms with Crippen LogP contribution in [0.2, 0.25) is 0 Å². The number of allylic oxidation sites excluding steroid dienone is 1. The van der Waals surface area contributed by atoms with Crippen molar-refractivity contribution >= 4 is 16.8 Å². The Morgan fingerprint density at radius 2 is 1.78 bits per heavy atom. The molecule has 0 spiro atoms. The first-order chi connectivity index (χ1) is 17.6. The van der Waals surface area contributed by atoms with Gasteiger partial charge in [0.25, 0.3) is 5.91 Å². The van der Waals surface area contributed by atoms with Crippen molar-refractivity contribution in [3.63, 3.8) is 0 Å². The lowest BCUT2D eigenvalue weighted by Crippen LogP contribution is -2.39. The molecule has 3 heterocycles. The highest BCUT2D eigenvalue weighted by molar-refractivity contribution is 6.06. The zero-order valence-corrected chi connectivity index (χ0v) is 21.0. The molecule has 188 valence electrons. The van der Waals surface area contributed by atoms with Gasteiger partial charge in [-0.25, -0.2) is 4.39 Å². The number of aromatic nitrogens is 1. The number of rotatable bonds is 7. The van der Waals surface area contributed by atoms with Gasteiger partial charge in [0.1, 0.15) is 5.82 Å². The molecule has 2 unspecified atom stereocenters. The molecule has 2 saturated heterocycles. The second-order valence-corrected chi connectivity index (χ2v) is 11.1. The number of likely N-dealkylation sites (tertiary alicyclic amines) is 2. The minimum atomic E-state index is -0.159. The predicted molar refractivity (Wildman–Crippen MR) is 143 cm³/mol. The summed E-state index contributed by atoms with van der Waals surface area (Å²) in [6.07, 6.45) is 8.81. The molecule has 3 fully saturated rings. The molecule has 2 aromatic carbocycles. The Kier molecular flexibility index (Phi) is 6.43. The van der Waals surface area contributed by atoms with Crippen molar-refractivity contribution in [2.75, 3.05) is 32.7 Å². The largest absolute Gasteiger partial charge is 0.343 e. The maximum Gasteiger partial charge on any atom is 0.256 e. The van der Waals surface area contributed by atoms with Crippen LogP contribution in [-0.4, -0.2) is 53.0 Å². The van der Waals surface area contributed by atoms with Crippen LogP contribution in [0.4, 0.5) is 4.39 Å². The lowest BCUT2D eigenvalue weighted by molar-refractivity contribution is 0.0781. The van der Waals surface area contributed by atoms with E-state index in [-0.39, 0.29) is 11.7 Å². The lowest BCUT2D eigenvalue weighted by Gasteiger charge is -2.34. The van der Waals surface area contributed by atoms with Crippen molar-refractivity contribution in [3.05, 3.63) is 84.3 Å². The number of fused-ring (bicyclic) bond motifs is 1. The lowest BCUT2D eigenvalue weighted by atomic mass is 9.87. The van der Waals surface area contributed by atoms with Crippen molar-refractivity contribution in [3.8, 4) is 0 Å². The van der Waals surface area contributed by atoms with Gasteiger partial charge in [0.05, 0.1) is 11.1 Å². The highest BCUT2D eigenvalue weighted by Crippen LogP contribution is 2.45. The third-order valence-corrected chi connectivity index (χ3v) is 8.77. The number of para-hydroxylation sites is 1. The van der Waals surface area contributed by atoms with Crippen LogP contribution in [0.3, 0.4) is 0 Å². The molecular formula is C31H36FN3O. The number of carbonyl (C=O) groups excluding carboxylic acids is 1. The van der Waals surface area contributed by atoms with Gasteiger partial charge in [-0.15, -0.1) is 6.58 Å². The molecule has 1 aromatic heterocycles. The molecule has 5 heteroatoms. The molecule has 1 saturated carbocycles. The Labute approximate surface area is 213 Å². The Hall–Kier alpha value is -2.92. The van der Waals surface area contributed by atoms with E-state index in [0.717, 1.165) is 67.9 Å². The van der Waals surface area contributed by atoms with Crippen molar-refractivity contribution in [2.24, 2.45) is 17.8 Å². The predicted octanol–water partition coefficient (Wildman–Crippen LogP) is 5.94. The second-order valence-electron chi connectivity index (χ2n) is 11.1. The van der Waals surface area contributed by atoms with Gasteiger partial charge < -0.3 is 14.4 Å². The van der Waals surface area contributed by atoms with E-state index in [4.69, 9.17) is 0 Å². The van der Waals surface area contributed by atoms with Crippen molar-refractivity contribution in [2.45, 2.75) is 38.1 Å². The topological polar surface area (TPSA) is 28.5 Å². The molecule has 2 aliphatic heterocycles. The molecule has 1 amide bonds. The first kappa shape index (κ1) is 23.5. The van der Waals surface area contributed by atoms with Crippen LogP contribution in [-0.2, 0) is 6.54 Å². The first-order valence-electron chi connectivity index (χ1n) is 13.6. The summed E-state index contributed by atoms with van der Waals surface area (Å²) in [5.41, 5.74) is 3.10. The Balaban J connectivity index is 1.14. The van der Waals surface area contributed by atoms with E-state index in [1.165, 1.54) is 18.4 Å². The molecule has 6 rings (SSSR count). The Bertz CT molecular complexity index is 1240. The van der Waals surface area contributed by atoms with Gasteiger partial charge in [0.2, 0.25) is 0 Å². The molecule has 0 N–H and O–H groups in total. The van der Waals surface area contributed by atoms with Crippen LogP contribution in [0.25, 0.3) is 10.9 Å². The fourth-order valence-corrected chi connectivity index (χ4v) is 6.72. The standard InChI is InChI=1S/C31H36FN3O/c1-2-15-34-18-14-25-4-3-5-28(30(25)34)31(36)35-20-26(29(21-35)24-6-7-24)19-33-16-12-23(13-17-33)22-8-10-27(32)11-9-22/h2-5,8-11,14,18,23-24,26,29H,1,6-7,12-13,15-17,19-21H2. The van der Waals surface area contributed by atoms with Crippen LogP contribution in [0, 0.1) is 23.6 Å². The summed E-state index contributed by atoms with van der Waals surface area (Å²) in [5.74, 6) is 2.48. The zero-order chi connectivity index (χ0) is 24.6. The number of halogens is 1. The SMILES string of the molecule is C=CCn1ccc2cccc(C(=O)N3CC(CN4CCC(c5ccc(F)cc5)CC4)C(C4CC4)C3)c21. The summed E-state index contributed by atoms with van der Waals surface area (Å²) in [6, 6.07) is 15.2. The molecule has 3 aromatic rings. The van der Waals surface area contributed by atoms with E-state index in [9.17, 15) is 9.18 Å². The highest BCUT2D eigenvalue weighted by atomic mass is 19.1. The molecule has 3 aliphatic rings. The first-order valence-corrected chi connectivity index (χ1v) is 13.6. The van der Waals surface area contributed by atoms with Crippen molar-refractivity contribution in [1.82, 2.24) is 14.4 Å². The van der Waals surface area contributed by atoms with Crippen LogP contribution in [0.15, 0.2) is 67.4 Å². The summed E-state index contributed by atoms with van der Waals surface area (Å²) in [5, 5.41) is 1.11. The maximum absolute atomic E-state index is 13.8. The Morgan fingerprint density at radius 3 is 2.50 bits per heavy atom. The van der Waals surface area contributed by atoms with Crippen molar-refractivity contribution in [1.29, 1.82) is 0 Å². The molecule has 4 nitrogen and oxygen atoms in total. The van der Waals surface area contributed by atoms with Gasteiger partial charge in [-0.3, -0.25) is 4.79 Å².